The second kappa shape index (κ2) is 10.4. The normalized spacial score (nSPS) is 19.4. The van der Waals surface area contributed by atoms with Crippen molar-refractivity contribution in [3.05, 3.63) is 68.7 Å². The van der Waals surface area contributed by atoms with Gasteiger partial charge in [-0.25, -0.2) is 8.42 Å². The van der Waals surface area contributed by atoms with Crippen LogP contribution >= 0.6 is 11.3 Å². The first kappa shape index (κ1) is 28.5. The van der Waals surface area contributed by atoms with Gasteiger partial charge < -0.3 is 10.5 Å². The third-order valence-electron chi connectivity index (χ3n) is 8.19. The smallest absolute Gasteiger partial charge is 0.310 e. The zero-order valence-electron chi connectivity index (χ0n) is 23.8. The van der Waals surface area contributed by atoms with Crippen LogP contribution in [0.5, 0.6) is 0 Å². The van der Waals surface area contributed by atoms with Gasteiger partial charge in [0.15, 0.2) is 0 Å². The fraction of sp³-hybridized carbons (Fsp3) is 0.448. The lowest BCUT2D eigenvalue weighted by Gasteiger charge is -2.32. The minimum absolute atomic E-state index is 0.112. The van der Waals surface area contributed by atoms with E-state index in [2.05, 4.69) is 22.9 Å². The van der Waals surface area contributed by atoms with Crippen LogP contribution in [0.15, 0.2) is 41.4 Å². The lowest BCUT2D eigenvalue weighted by atomic mass is 9.72. The average Bonchev–Trinajstić information content (AvgIpc) is 3.46. The van der Waals surface area contributed by atoms with Gasteiger partial charge in [-0.2, -0.15) is 4.31 Å². The number of thiophene rings is 1. The summed E-state index contributed by atoms with van der Waals surface area (Å²) in [7, 11) is -3.73. The zero-order valence-corrected chi connectivity index (χ0v) is 25.4. The van der Waals surface area contributed by atoms with Crippen molar-refractivity contribution in [3.63, 3.8) is 0 Å². The number of aromatic nitrogens is 1. The van der Waals surface area contributed by atoms with Crippen LogP contribution in [-0.2, 0) is 27.8 Å². The summed E-state index contributed by atoms with van der Waals surface area (Å²) in [4.78, 5) is 19.1. The van der Waals surface area contributed by atoms with Crippen LogP contribution in [0.1, 0.15) is 65.8 Å². The van der Waals surface area contributed by atoms with E-state index in [1.54, 1.807) is 47.8 Å². The van der Waals surface area contributed by atoms with Crippen molar-refractivity contribution < 1.29 is 18.3 Å². The number of carboxylic acids is 1. The summed E-state index contributed by atoms with van der Waals surface area (Å²) < 4.78 is 28.9. The number of hydrazine groups is 2. The molecule has 0 saturated heterocycles. The number of aliphatic carboxylic acids is 1. The first-order valence-corrected chi connectivity index (χ1v) is 15.8. The molecule has 214 valence electrons. The molecule has 0 amide bonds. The number of anilines is 2. The van der Waals surface area contributed by atoms with E-state index < -0.39 is 27.3 Å². The van der Waals surface area contributed by atoms with Gasteiger partial charge in [-0.15, -0.1) is 16.9 Å². The summed E-state index contributed by atoms with van der Waals surface area (Å²) >= 11 is 1.55. The lowest BCUT2D eigenvalue weighted by Crippen LogP contribution is -2.35. The molecule has 2 aromatic heterocycles. The number of fused-ring (bicyclic) bond motifs is 2. The van der Waals surface area contributed by atoms with Crippen molar-refractivity contribution in [2.75, 3.05) is 23.5 Å². The van der Waals surface area contributed by atoms with Crippen LogP contribution in [0.25, 0.3) is 0 Å². The molecule has 2 aliphatic heterocycles. The largest absolute Gasteiger partial charge is 0.481 e. The second-order valence-electron chi connectivity index (χ2n) is 11.4. The summed E-state index contributed by atoms with van der Waals surface area (Å²) in [5, 5.41) is 12.3. The standard InChI is InChI=1S/C29H37N5O4S2/c1-7-34-23-11-10-21(18(3)27(23)31-32-34)26(29(5,6)28(35)36)24-14-20(19(4)39-24)16-33-15-17(2)13-22-25(40(33,37)38)9-8-12-30-22/h8-12,14,17,26,31-32H,7,13,15-16H2,1-6H3,(H,35,36)/t17-,26+/m0/s1. The Labute approximate surface area is 240 Å². The number of nitrogens with zero attached hydrogens (tertiary/aromatic N) is 3. The van der Waals surface area contributed by atoms with E-state index >= 15 is 0 Å². The molecule has 0 unspecified atom stereocenters. The SMILES string of the molecule is CCN1NNc2c1ccc([C@H](c1cc(CN3C[C@@H](C)Cc4ncccc4S3(=O)=O)c(C)s1)C(C)(C)C(=O)O)c2C. The Bertz CT molecular complexity index is 1570. The van der Waals surface area contributed by atoms with Crippen molar-refractivity contribution in [3.8, 4) is 0 Å². The highest BCUT2D eigenvalue weighted by Crippen LogP contribution is 2.48. The van der Waals surface area contributed by atoms with Gasteiger partial charge in [0, 0.05) is 41.5 Å². The summed E-state index contributed by atoms with van der Waals surface area (Å²) in [6.07, 6.45) is 2.24. The molecule has 4 heterocycles. The summed E-state index contributed by atoms with van der Waals surface area (Å²) in [5.41, 5.74) is 10.7. The number of benzene rings is 1. The van der Waals surface area contributed by atoms with Crippen molar-refractivity contribution in [1.29, 1.82) is 0 Å². The Morgan fingerprint density at radius 1 is 1.27 bits per heavy atom. The highest BCUT2D eigenvalue weighted by atomic mass is 32.2. The van der Waals surface area contributed by atoms with E-state index in [0.717, 1.165) is 44.4 Å². The van der Waals surface area contributed by atoms with Crippen LogP contribution in [-0.4, -0.2) is 41.9 Å². The maximum atomic E-state index is 13.7. The van der Waals surface area contributed by atoms with Crippen molar-refractivity contribution in [1.82, 2.24) is 14.8 Å². The number of pyridine rings is 1. The Balaban J connectivity index is 1.56. The number of carboxylic acid groups (broad SMARTS) is 1. The van der Waals surface area contributed by atoms with Gasteiger partial charge in [0.25, 0.3) is 0 Å². The third-order valence-corrected chi connectivity index (χ3v) is 11.2. The molecule has 0 saturated carbocycles. The zero-order chi connectivity index (χ0) is 29.0. The monoisotopic (exact) mass is 583 g/mol. The molecule has 0 fully saturated rings. The Morgan fingerprint density at radius 3 is 2.73 bits per heavy atom. The van der Waals surface area contributed by atoms with E-state index in [1.165, 1.54) is 0 Å². The molecule has 40 heavy (non-hydrogen) atoms. The van der Waals surface area contributed by atoms with Gasteiger partial charge >= 0.3 is 5.97 Å². The Morgan fingerprint density at radius 2 is 2.02 bits per heavy atom. The summed E-state index contributed by atoms with van der Waals surface area (Å²) in [5.74, 6) is -1.21. The third kappa shape index (κ3) is 4.78. The number of rotatable bonds is 7. The van der Waals surface area contributed by atoms with E-state index in [0.29, 0.717) is 18.7 Å². The molecule has 9 nitrogen and oxygen atoms in total. The topological polar surface area (TPSA) is 115 Å². The van der Waals surface area contributed by atoms with Crippen LogP contribution < -0.4 is 16.0 Å². The molecular formula is C29H37N5O4S2. The predicted molar refractivity (Wildman–Crippen MR) is 158 cm³/mol. The number of nitrogens with one attached hydrogen (secondary N) is 2. The van der Waals surface area contributed by atoms with Gasteiger partial charge in [0.05, 0.1) is 22.5 Å². The van der Waals surface area contributed by atoms with Crippen LogP contribution in [0, 0.1) is 25.2 Å². The molecule has 0 radical (unpaired) electrons. The number of sulfonamides is 1. The predicted octanol–water partition coefficient (Wildman–Crippen LogP) is 5.06. The van der Waals surface area contributed by atoms with Crippen molar-refractivity contribution in [2.45, 2.75) is 65.3 Å². The first-order valence-electron chi connectivity index (χ1n) is 13.6. The van der Waals surface area contributed by atoms with Gasteiger partial charge in [-0.05, 0) is 87.9 Å². The number of hydrogen-bond acceptors (Lipinski definition) is 8. The maximum Gasteiger partial charge on any atom is 0.310 e. The number of aryl methyl sites for hydroxylation is 1. The van der Waals surface area contributed by atoms with E-state index in [1.807, 2.05) is 44.0 Å². The molecule has 1 aromatic carbocycles. The van der Waals surface area contributed by atoms with Crippen molar-refractivity contribution >= 4 is 38.7 Å². The van der Waals surface area contributed by atoms with Crippen LogP contribution in [0.3, 0.4) is 0 Å². The molecule has 3 N–H and O–H groups in total. The van der Waals surface area contributed by atoms with Gasteiger partial charge in [0.1, 0.15) is 4.90 Å². The molecule has 0 spiro atoms. The number of hydrogen-bond donors (Lipinski definition) is 3. The summed E-state index contributed by atoms with van der Waals surface area (Å²) in [6, 6.07) is 9.37. The van der Waals surface area contributed by atoms with E-state index in [-0.39, 0.29) is 17.4 Å². The van der Waals surface area contributed by atoms with E-state index in [9.17, 15) is 18.3 Å². The molecule has 2 atom stereocenters. The minimum Gasteiger partial charge on any atom is -0.481 e. The van der Waals surface area contributed by atoms with Crippen molar-refractivity contribution in [2.24, 2.45) is 11.3 Å². The number of carbonyl (C=O) groups is 1. The Hall–Kier alpha value is -2.99. The average molecular weight is 584 g/mol. The molecule has 2 aliphatic rings. The molecule has 11 heteroatoms. The van der Waals surface area contributed by atoms with Crippen LogP contribution in [0.2, 0.25) is 0 Å². The highest BCUT2D eigenvalue weighted by Gasteiger charge is 2.42. The summed E-state index contributed by atoms with van der Waals surface area (Å²) in [6.45, 7) is 13.0. The highest BCUT2D eigenvalue weighted by molar-refractivity contribution is 7.89. The molecule has 3 aromatic rings. The van der Waals surface area contributed by atoms with Crippen LogP contribution in [0.4, 0.5) is 11.4 Å². The van der Waals surface area contributed by atoms with Gasteiger partial charge in [-0.3, -0.25) is 14.8 Å². The quantitative estimate of drug-likeness (QED) is 0.354. The molecule has 5 rings (SSSR count). The van der Waals surface area contributed by atoms with Gasteiger partial charge in [-0.1, -0.05) is 13.0 Å². The molecular weight excluding hydrogens is 546 g/mol. The van der Waals surface area contributed by atoms with Gasteiger partial charge in [0.2, 0.25) is 10.0 Å². The molecule has 0 aliphatic carbocycles. The first-order chi connectivity index (χ1) is 18.9. The second-order valence-corrected chi connectivity index (χ2v) is 14.6. The molecule has 0 bridgehead atoms. The Kier molecular flexibility index (Phi) is 7.45. The lowest BCUT2D eigenvalue weighted by molar-refractivity contribution is -0.147. The maximum absolute atomic E-state index is 13.7. The fourth-order valence-corrected chi connectivity index (χ4v) is 8.91. The fourth-order valence-electron chi connectivity index (χ4n) is 5.84. The minimum atomic E-state index is -3.73. The van der Waals surface area contributed by atoms with E-state index in [4.69, 9.17) is 0 Å².